The summed E-state index contributed by atoms with van der Waals surface area (Å²) in [6.07, 6.45) is -5.60. The van der Waals surface area contributed by atoms with Crippen molar-refractivity contribution < 1.29 is 26.3 Å². The van der Waals surface area contributed by atoms with Crippen molar-refractivity contribution in [3.05, 3.63) is 40.8 Å². The van der Waals surface area contributed by atoms with E-state index in [-0.39, 0.29) is 22.5 Å². The molecule has 0 aliphatic rings. The van der Waals surface area contributed by atoms with Gasteiger partial charge in [0.1, 0.15) is 0 Å². The van der Waals surface area contributed by atoms with E-state index < -0.39 is 34.2 Å². The van der Waals surface area contributed by atoms with Gasteiger partial charge in [-0.2, -0.15) is 26.3 Å². The number of hydrogen-bond donors (Lipinski definition) is 2. The molecule has 0 bridgehead atoms. The van der Waals surface area contributed by atoms with Crippen LogP contribution in [0.1, 0.15) is 24.3 Å². The number of thiazole rings is 1. The van der Waals surface area contributed by atoms with Gasteiger partial charge in [-0.25, -0.2) is 9.97 Å². The van der Waals surface area contributed by atoms with Crippen molar-refractivity contribution in [1.29, 1.82) is 0 Å². The molecule has 2 heterocycles. The Morgan fingerprint density at radius 3 is 2.48 bits per heavy atom. The Labute approximate surface area is 168 Å². The van der Waals surface area contributed by atoms with Gasteiger partial charge in [0.2, 0.25) is 11.9 Å². The van der Waals surface area contributed by atoms with Gasteiger partial charge in [0.05, 0.1) is 21.4 Å². The number of halogens is 3. The number of anilines is 1. The number of nitrogens with one attached hydrogen (secondary N) is 2. The third kappa shape index (κ3) is 5.31. The van der Waals surface area contributed by atoms with Crippen molar-refractivity contribution in [3.63, 3.8) is 0 Å². The zero-order chi connectivity index (χ0) is 21.1. The van der Waals surface area contributed by atoms with Gasteiger partial charge < -0.3 is 4.74 Å². The number of para-hydroxylation sites is 2. The highest BCUT2D eigenvalue weighted by atomic mass is 32.2. The smallest absolute Gasteiger partial charge is 0.430 e. The summed E-state index contributed by atoms with van der Waals surface area (Å²) in [6.45, 7) is 1.90. The molecule has 8 nitrogen and oxygen atoms in total. The van der Waals surface area contributed by atoms with Crippen LogP contribution >= 0.6 is 11.3 Å². The second kappa shape index (κ2) is 8.47. The lowest BCUT2D eigenvalue weighted by molar-refractivity contribution is -0.197. The second-order valence-corrected chi connectivity index (χ2v) is 8.23. The fourth-order valence-corrected chi connectivity index (χ4v) is 3.89. The van der Waals surface area contributed by atoms with Crippen molar-refractivity contribution in [2.24, 2.45) is 0 Å². The van der Waals surface area contributed by atoms with Gasteiger partial charge >= 0.3 is 6.18 Å². The van der Waals surface area contributed by atoms with E-state index in [0.29, 0.717) is 6.42 Å². The Bertz CT molecular complexity index is 1080. The standard InChI is InChI=1S/C16H16F3N5O3S2/c1-2-7-21-29(25,26)24-14-15(23-11-6-4-3-5-10(11)22-14)27-13(16(17,18)19)12-8-20-9-28-12/h3-6,8-9,13,21H,2,7H2,1H3,(H,22,24)/t13-/m1/s1. The maximum Gasteiger partial charge on any atom is 0.430 e. The average Bonchev–Trinajstić information content (AvgIpc) is 3.17. The van der Waals surface area contributed by atoms with Crippen LogP contribution in [0.5, 0.6) is 5.88 Å². The number of rotatable bonds is 8. The Hall–Kier alpha value is -2.51. The minimum absolute atomic E-state index is 0.137. The SMILES string of the molecule is CCCNS(=O)(=O)Nc1nc2ccccc2nc1O[C@H](c1cncs1)C(F)(F)F. The predicted molar refractivity (Wildman–Crippen MR) is 102 cm³/mol. The van der Waals surface area contributed by atoms with E-state index in [1.165, 1.54) is 11.6 Å². The maximum atomic E-state index is 13.6. The molecule has 0 saturated carbocycles. The zero-order valence-electron chi connectivity index (χ0n) is 15.0. The molecule has 13 heteroatoms. The van der Waals surface area contributed by atoms with E-state index in [0.717, 1.165) is 17.5 Å². The van der Waals surface area contributed by atoms with Crippen LogP contribution in [0.2, 0.25) is 0 Å². The van der Waals surface area contributed by atoms with Crippen LogP contribution in [0.4, 0.5) is 19.0 Å². The van der Waals surface area contributed by atoms with Gasteiger partial charge in [0.25, 0.3) is 16.1 Å². The fraction of sp³-hybridized carbons (Fsp3) is 0.312. The molecular formula is C16H16F3N5O3S2. The molecule has 3 aromatic rings. The Morgan fingerprint density at radius 1 is 1.21 bits per heavy atom. The highest BCUT2D eigenvalue weighted by Crippen LogP contribution is 2.39. The summed E-state index contributed by atoms with van der Waals surface area (Å²) >= 11 is 0.756. The summed E-state index contributed by atoms with van der Waals surface area (Å²) in [4.78, 5) is 11.6. The topological polar surface area (TPSA) is 106 Å². The summed E-state index contributed by atoms with van der Waals surface area (Å²) in [5, 5.41) is 0. The molecule has 2 aromatic heterocycles. The molecular weight excluding hydrogens is 431 g/mol. The molecule has 0 amide bonds. The number of ether oxygens (including phenoxy) is 1. The second-order valence-electron chi connectivity index (χ2n) is 5.81. The van der Waals surface area contributed by atoms with Crippen LogP contribution in [-0.2, 0) is 10.2 Å². The van der Waals surface area contributed by atoms with Gasteiger partial charge in [0.15, 0.2) is 0 Å². The number of alkyl halides is 3. The molecule has 0 unspecified atom stereocenters. The quantitative estimate of drug-likeness (QED) is 0.548. The fourth-order valence-electron chi connectivity index (χ4n) is 2.29. The molecule has 1 aromatic carbocycles. The van der Waals surface area contributed by atoms with E-state index in [9.17, 15) is 21.6 Å². The third-order valence-electron chi connectivity index (χ3n) is 3.55. The number of nitrogens with zero attached hydrogens (tertiary/aromatic N) is 3. The molecule has 0 spiro atoms. The first-order valence-electron chi connectivity index (χ1n) is 8.35. The zero-order valence-corrected chi connectivity index (χ0v) is 16.6. The van der Waals surface area contributed by atoms with E-state index in [1.807, 2.05) is 0 Å². The summed E-state index contributed by atoms with van der Waals surface area (Å²) in [5.74, 6) is -1.05. The molecule has 0 radical (unpaired) electrons. The number of benzene rings is 1. The lowest BCUT2D eigenvalue weighted by Crippen LogP contribution is -2.32. The van der Waals surface area contributed by atoms with E-state index >= 15 is 0 Å². The Morgan fingerprint density at radius 2 is 1.90 bits per heavy atom. The highest BCUT2D eigenvalue weighted by molar-refractivity contribution is 7.90. The van der Waals surface area contributed by atoms with Gasteiger partial charge in [0, 0.05) is 12.7 Å². The molecule has 0 aliphatic heterocycles. The minimum atomic E-state index is -4.78. The molecule has 0 aliphatic carbocycles. The van der Waals surface area contributed by atoms with Gasteiger partial charge in [-0.15, -0.1) is 11.3 Å². The van der Waals surface area contributed by atoms with Crippen molar-refractivity contribution in [3.8, 4) is 5.88 Å². The Kier molecular flexibility index (Phi) is 6.19. The summed E-state index contributed by atoms with van der Waals surface area (Å²) < 4.78 is 74.6. The molecule has 29 heavy (non-hydrogen) atoms. The van der Waals surface area contributed by atoms with Crippen LogP contribution in [0, 0.1) is 0 Å². The number of aromatic nitrogens is 3. The first kappa shape index (κ1) is 21.2. The van der Waals surface area contributed by atoms with Crippen molar-refractivity contribution in [1.82, 2.24) is 19.7 Å². The first-order valence-corrected chi connectivity index (χ1v) is 10.7. The van der Waals surface area contributed by atoms with Crippen molar-refractivity contribution in [2.45, 2.75) is 25.6 Å². The minimum Gasteiger partial charge on any atom is -0.456 e. The number of fused-ring (bicyclic) bond motifs is 1. The van der Waals surface area contributed by atoms with E-state index in [4.69, 9.17) is 4.74 Å². The summed E-state index contributed by atoms with van der Waals surface area (Å²) in [7, 11) is -4.09. The van der Waals surface area contributed by atoms with Crippen molar-refractivity contribution >= 4 is 38.4 Å². The molecule has 3 rings (SSSR count). The van der Waals surface area contributed by atoms with Gasteiger partial charge in [-0.3, -0.25) is 9.71 Å². The predicted octanol–water partition coefficient (Wildman–Crippen LogP) is 3.43. The van der Waals surface area contributed by atoms with Crippen LogP contribution in [0.15, 0.2) is 36.0 Å². The van der Waals surface area contributed by atoms with E-state index in [1.54, 1.807) is 25.1 Å². The first-order chi connectivity index (χ1) is 13.7. The molecule has 0 fully saturated rings. The lowest BCUT2D eigenvalue weighted by Gasteiger charge is -2.21. The summed E-state index contributed by atoms with van der Waals surface area (Å²) in [5.41, 5.74) is 1.77. The van der Waals surface area contributed by atoms with Crippen LogP contribution < -0.4 is 14.2 Å². The van der Waals surface area contributed by atoms with E-state index in [2.05, 4.69) is 24.4 Å². The Balaban J connectivity index is 2.04. The average molecular weight is 447 g/mol. The third-order valence-corrected chi connectivity index (χ3v) is 5.41. The monoisotopic (exact) mass is 447 g/mol. The largest absolute Gasteiger partial charge is 0.456 e. The number of hydrogen-bond acceptors (Lipinski definition) is 7. The molecule has 1 atom stereocenters. The normalized spacial score (nSPS) is 13.4. The van der Waals surface area contributed by atoms with Gasteiger partial charge in [-0.05, 0) is 18.6 Å². The molecule has 2 N–H and O–H groups in total. The molecule has 0 saturated heterocycles. The van der Waals surface area contributed by atoms with Crippen LogP contribution in [0.25, 0.3) is 11.0 Å². The lowest BCUT2D eigenvalue weighted by atomic mass is 10.3. The van der Waals surface area contributed by atoms with Gasteiger partial charge in [-0.1, -0.05) is 19.1 Å². The van der Waals surface area contributed by atoms with Crippen molar-refractivity contribution in [2.75, 3.05) is 11.3 Å². The highest BCUT2D eigenvalue weighted by Gasteiger charge is 2.45. The summed E-state index contributed by atoms with van der Waals surface area (Å²) in [6, 6.07) is 6.34. The van der Waals surface area contributed by atoms with Crippen LogP contribution in [0.3, 0.4) is 0 Å². The maximum absolute atomic E-state index is 13.6. The molecule has 156 valence electrons. The van der Waals surface area contributed by atoms with Crippen LogP contribution in [-0.4, -0.2) is 36.1 Å².